The number of hydrogen-bond acceptors (Lipinski definition) is 4. The number of ether oxygens (including phenoxy) is 1. The summed E-state index contributed by atoms with van der Waals surface area (Å²) in [5.41, 5.74) is 0.782. The van der Waals surface area contributed by atoms with Gasteiger partial charge < -0.3 is 9.64 Å². The van der Waals surface area contributed by atoms with E-state index < -0.39 is 0 Å². The first-order valence-corrected chi connectivity index (χ1v) is 6.86. The van der Waals surface area contributed by atoms with Gasteiger partial charge in [0.05, 0.1) is 33.3 Å². The van der Waals surface area contributed by atoms with Crippen molar-refractivity contribution in [2.24, 2.45) is 0 Å². The van der Waals surface area contributed by atoms with Gasteiger partial charge in [0.15, 0.2) is 0 Å². The average Bonchev–Trinajstić information content (AvgIpc) is 2.84. The normalized spacial score (nSPS) is 16.2. The summed E-state index contributed by atoms with van der Waals surface area (Å²) >= 11 is 7.49. The minimum Gasteiger partial charge on any atom is -0.378 e. The smallest absolute Gasteiger partial charge is 0.264 e. The van der Waals surface area contributed by atoms with Crippen LogP contribution in [-0.4, -0.2) is 42.1 Å². The zero-order valence-corrected chi connectivity index (χ0v) is 11.1. The number of carbonyl (C=O) groups is 1. The summed E-state index contributed by atoms with van der Waals surface area (Å²) < 4.78 is 6.11. The van der Waals surface area contributed by atoms with Crippen LogP contribution in [0, 0.1) is 0 Å². The summed E-state index contributed by atoms with van der Waals surface area (Å²) in [7, 11) is 0. The summed E-state index contributed by atoms with van der Waals surface area (Å²) in [5, 5.41) is 0.644. The second-order valence-corrected chi connectivity index (χ2v) is 5.48. The van der Waals surface area contributed by atoms with Crippen molar-refractivity contribution < 1.29 is 9.53 Å². The lowest BCUT2D eigenvalue weighted by atomic mass is 10.3. The highest BCUT2D eigenvalue weighted by atomic mass is 35.5. The highest BCUT2D eigenvalue weighted by molar-refractivity contribution is 7.21. The van der Waals surface area contributed by atoms with Crippen molar-refractivity contribution in [3.8, 4) is 0 Å². The molecule has 4 nitrogen and oxygen atoms in total. The predicted octanol–water partition coefficient (Wildman–Crippen LogP) is 2.42. The van der Waals surface area contributed by atoms with Crippen molar-refractivity contribution in [1.29, 1.82) is 0 Å². The van der Waals surface area contributed by atoms with Crippen LogP contribution in [0.3, 0.4) is 0 Å². The lowest BCUT2D eigenvalue weighted by Crippen LogP contribution is -2.40. The molecule has 1 fully saturated rings. The molecule has 0 aliphatic carbocycles. The first kappa shape index (κ1) is 11.9. The molecule has 18 heavy (non-hydrogen) atoms. The molecule has 6 heteroatoms. The van der Waals surface area contributed by atoms with Gasteiger partial charge in [0, 0.05) is 19.3 Å². The summed E-state index contributed by atoms with van der Waals surface area (Å²) in [5.74, 6) is 0.0392. The van der Waals surface area contributed by atoms with Crippen molar-refractivity contribution in [2.75, 3.05) is 26.3 Å². The number of morpholine rings is 1. The van der Waals surface area contributed by atoms with E-state index in [-0.39, 0.29) is 5.91 Å². The van der Waals surface area contributed by atoms with Crippen LogP contribution in [0.4, 0.5) is 0 Å². The Kier molecular flexibility index (Phi) is 3.20. The van der Waals surface area contributed by atoms with Crippen molar-refractivity contribution in [3.63, 3.8) is 0 Å². The van der Waals surface area contributed by atoms with Crippen LogP contribution < -0.4 is 0 Å². The zero-order valence-electron chi connectivity index (χ0n) is 9.56. The molecule has 0 unspecified atom stereocenters. The summed E-state index contributed by atoms with van der Waals surface area (Å²) in [4.78, 5) is 19.0. The molecule has 1 amide bonds. The quantitative estimate of drug-likeness (QED) is 0.807. The second-order valence-electron chi connectivity index (χ2n) is 4.02. The van der Waals surface area contributed by atoms with Crippen molar-refractivity contribution in [3.05, 3.63) is 28.2 Å². The number of pyridine rings is 1. The van der Waals surface area contributed by atoms with Crippen LogP contribution >= 0.6 is 22.9 Å². The number of nitrogens with zero attached hydrogens (tertiary/aromatic N) is 2. The van der Waals surface area contributed by atoms with E-state index in [1.54, 1.807) is 12.3 Å². The Morgan fingerprint density at radius 3 is 2.94 bits per heavy atom. The standard InChI is InChI=1S/C12H11ClN2O2S/c13-8-1-2-14-9-7-10(18-11(8)9)12(16)15-3-5-17-6-4-15/h1-2,7H,3-6H2. The van der Waals surface area contributed by atoms with Gasteiger partial charge in [0.2, 0.25) is 0 Å². The van der Waals surface area contributed by atoms with Gasteiger partial charge in [-0.05, 0) is 12.1 Å². The molecule has 0 spiro atoms. The fraction of sp³-hybridized carbons (Fsp3) is 0.333. The van der Waals surface area contributed by atoms with Crippen LogP contribution in [-0.2, 0) is 4.74 Å². The highest BCUT2D eigenvalue weighted by Crippen LogP contribution is 2.30. The molecule has 3 heterocycles. The van der Waals surface area contributed by atoms with Crippen LogP contribution in [0.2, 0.25) is 5.02 Å². The molecule has 2 aromatic rings. The topological polar surface area (TPSA) is 42.4 Å². The molecule has 0 bridgehead atoms. The lowest BCUT2D eigenvalue weighted by Gasteiger charge is -2.26. The molecule has 1 aliphatic heterocycles. The van der Waals surface area contributed by atoms with Gasteiger partial charge in [-0.2, -0.15) is 0 Å². The Bertz CT molecular complexity index is 593. The van der Waals surface area contributed by atoms with E-state index in [1.807, 2.05) is 11.0 Å². The minimum atomic E-state index is 0.0392. The monoisotopic (exact) mass is 282 g/mol. The van der Waals surface area contributed by atoms with E-state index in [9.17, 15) is 4.79 Å². The van der Waals surface area contributed by atoms with Gasteiger partial charge in [-0.25, -0.2) is 0 Å². The third kappa shape index (κ3) is 2.09. The largest absolute Gasteiger partial charge is 0.378 e. The molecule has 0 atom stereocenters. The molecule has 1 aliphatic rings. The fourth-order valence-electron chi connectivity index (χ4n) is 1.93. The zero-order chi connectivity index (χ0) is 12.5. The predicted molar refractivity (Wildman–Crippen MR) is 71.4 cm³/mol. The Hall–Kier alpha value is -1.17. The second kappa shape index (κ2) is 4.84. The van der Waals surface area contributed by atoms with E-state index in [4.69, 9.17) is 16.3 Å². The number of thiophene rings is 1. The fourth-order valence-corrected chi connectivity index (χ4v) is 3.19. The van der Waals surface area contributed by atoms with Crippen LogP contribution in [0.15, 0.2) is 18.3 Å². The molecular formula is C12H11ClN2O2S. The summed E-state index contributed by atoms with van der Waals surface area (Å²) in [6.07, 6.45) is 1.65. The van der Waals surface area contributed by atoms with Crippen molar-refractivity contribution in [2.45, 2.75) is 0 Å². The van der Waals surface area contributed by atoms with E-state index in [0.717, 1.165) is 10.2 Å². The van der Waals surface area contributed by atoms with Gasteiger partial charge >= 0.3 is 0 Å². The van der Waals surface area contributed by atoms with Crippen molar-refractivity contribution in [1.82, 2.24) is 9.88 Å². The van der Waals surface area contributed by atoms with Crippen LogP contribution in [0.1, 0.15) is 9.67 Å². The van der Waals surface area contributed by atoms with Crippen LogP contribution in [0.25, 0.3) is 10.2 Å². The van der Waals surface area contributed by atoms with Gasteiger partial charge in [0.25, 0.3) is 5.91 Å². The first-order valence-electron chi connectivity index (χ1n) is 5.67. The number of aromatic nitrogens is 1. The number of rotatable bonds is 1. The first-order chi connectivity index (χ1) is 8.75. The molecular weight excluding hydrogens is 272 g/mol. The maximum atomic E-state index is 12.3. The number of fused-ring (bicyclic) bond motifs is 1. The Morgan fingerprint density at radius 1 is 1.44 bits per heavy atom. The third-order valence-corrected chi connectivity index (χ3v) is 4.45. The number of carbonyl (C=O) groups excluding carboxylic acids is 1. The van der Waals surface area contributed by atoms with Gasteiger partial charge in [0.1, 0.15) is 0 Å². The summed E-state index contributed by atoms with van der Waals surface area (Å²) in [6.45, 7) is 2.51. The molecule has 0 radical (unpaired) electrons. The Labute approximate surface area is 113 Å². The SMILES string of the molecule is O=C(c1cc2nccc(Cl)c2s1)N1CCOCC1. The number of amides is 1. The van der Waals surface area contributed by atoms with E-state index in [2.05, 4.69) is 4.98 Å². The molecule has 0 N–H and O–H groups in total. The lowest BCUT2D eigenvalue weighted by molar-refractivity contribution is 0.0306. The van der Waals surface area contributed by atoms with E-state index in [1.165, 1.54) is 11.3 Å². The van der Waals surface area contributed by atoms with Gasteiger partial charge in [-0.15, -0.1) is 11.3 Å². The molecule has 2 aromatic heterocycles. The number of halogens is 1. The molecule has 1 saturated heterocycles. The van der Waals surface area contributed by atoms with E-state index >= 15 is 0 Å². The molecule has 0 saturated carbocycles. The highest BCUT2D eigenvalue weighted by Gasteiger charge is 2.21. The molecule has 0 aromatic carbocycles. The van der Waals surface area contributed by atoms with Gasteiger partial charge in [-0.3, -0.25) is 9.78 Å². The Balaban J connectivity index is 1.94. The maximum absolute atomic E-state index is 12.3. The summed E-state index contributed by atoms with van der Waals surface area (Å²) in [6, 6.07) is 3.55. The average molecular weight is 283 g/mol. The third-order valence-electron chi connectivity index (χ3n) is 2.87. The van der Waals surface area contributed by atoms with E-state index in [0.29, 0.717) is 36.2 Å². The minimum absolute atomic E-state index is 0.0392. The maximum Gasteiger partial charge on any atom is 0.264 e. The van der Waals surface area contributed by atoms with Crippen LogP contribution in [0.5, 0.6) is 0 Å². The Morgan fingerprint density at radius 2 is 2.22 bits per heavy atom. The van der Waals surface area contributed by atoms with Crippen molar-refractivity contribution >= 4 is 39.1 Å². The van der Waals surface area contributed by atoms with Gasteiger partial charge in [-0.1, -0.05) is 11.6 Å². The number of hydrogen-bond donors (Lipinski definition) is 0. The molecule has 3 rings (SSSR count). The molecule has 94 valence electrons.